The van der Waals surface area contributed by atoms with E-state index in [0.717, 1.165) is 0 Å². The fraction of sp³-hybridized carbons (Fsp3) is 0.487. The number of fused-ring (bicyclic) bond motifs is 4. The zero-order chi connectivity index (χ0) is 37.8. The van der Waals surface area contributed by atoms with Gasteiger partial charge in [0.2, 0.25) is 0 Å². The first kappa shape index (κ1) is 36.5. The number of nitrogens with zero attached hydrogens (tertiary/aromatic N) is 4. The number of rotatable bonds is 9. The van der Waals surface area contributed by atoms with Crippen LogP contribution in [0.1, 0.15) is 65.9 Å². The molecule has 1 amide bonds. The number of hydrogen-bond donors (Lipinski definition) is 0. The van der Waals surface area contributed by atoms with Gasteiger partial charge in [-0.05, 0) is 93.1 Å². The molecule has 4 aromatic rings. The van der Waals surface area contributed by atoms with E-state index in [-0.39, 0.29) is 78.3 Å². The second-order valence-corrected chi connectivity index (χ2v) is 15.2. The van der Waals surface area contributed by atoms with E-state index in [2.05, 4.69) is 9.97 Å². The van der Waals surface area contributed by atoms with E-state index in [0.29, 0.717) is 48.7 Å². The Balaban J connectivity index is 1.37. The van der Waals surface area contributed by atoms with Gasteiger partial charge < -0.3 is 28.6 Å². The molecule has 3 unspecified atom stereocenters. The van der Waals surface area contributed by atoms with Gasteiger partial charge >= 0.3 is 18.1 Å². The first-order valence-electron chi connectivity index (χ1n) is 17.9. The summed E-state index contributed by atoms with van der Waals surface area (Å²) in [5.74, 6) is -2.27. The third-order valence-electron chi connectivity index (χ3n) is 10.1. The molecule has 0 N–H and O–H groups in total. The Kier molecular flexibility index (Phi) is 9.54. The van der Waals surface area contributed by atoms with Crippen LogP contribution in [-0.4, -0.2) is 83.8 Å². The summed E-state index contributed by atoms with van der Waals surface area (Å²) in [6.07, 6.45) is 1.93. The molecule has 0 saturated carbocycles. The number of anilines is 1. The molecule has 7 rings (SSSR count). The number of hydrogen-bond acceptors (Lipinski definition) is 10. The second-order valence-electron chi connectivity index (χ2n) is 15.2. The molecule has 282 valence electrons. The Morgan fingerprint density at radius 2 is 1.77 bits per heavy atom. The smallest absolute Gasteiger partial charge is 0.410 e. The summed E-state index contributed by atoms with van der Waals surface area (Å²) in [5.41, 5.74) is -1.89. The number of halogens is 3. The average molecular weight is 737 g/mol. The molecular formula is C39H43F3N4O7. The maximum absolute atomic E-state index is 17.2. The molecular weight excluding hydrogens is 693 g/mol. The van der Waals surface area contributed by atoms with E-state index in [1.807, 2.05) is 25.7 Å². The molecule has 3 atom stereocenters. The molecule has 3 aliphatic rings. The molecule has 3 fully saturated rings. The number of aromatic nitrogens is 2. The Hall–Kier alpha value is -4.85. The molecule has 0 aliphatic carbocycles. The van der Waals surface area contributed by atoms with Gasteiger partial charge in [-0.15, -0.1) is 0 Å². The van der Waals surface area contributed by atoms with Crippen LogP contribution in [0.4, 0.5) is 23.8 Å². The lowest BCUT2D eigenvalue weighted by Crippen LogP contribution is -2.57. The summed E-state index contributed by atoms with van der Waals surface area (Å²) in [4.78, 5) is 38.0. The molecule has 0 spiro atoms. The standard InChI is InChI=1S/C39H43F3N4O7/c1-7-25-28(40)11-8-21-14-24(51-20-49-6)15-26(31(21)25)32-29(41)16-27-34(33(32)42)43-36(50-19-39(5)13-12-30(47)52-39)44-35(27)45-17-22-9-10-23(18-45)46(22)37(48)53-38(2,3)4/h8,11,14-16,22-23H,7,9-10,12-13,17-20H2,1-6H3. The van der Waals surface area contributed by atoms with Crippen molar-refractivity contribution in [2.75, 3.05) is 38.5 Å². The van der Waals surface area contributed by atoms with Crippen LogP contribution < -0.4 is 14.4 Å². The number of methoxy groups -OCH3 is 1. The second kappa shape index (κ2) is 13.9. The summed E-state index contributed by atoms with van der Waals surface area (Å²) < 4.78 is 77.1. The average Bonchev–Trinajstić information content (AvgIpc) is 3.59. The van der Waals surface area contributed by atoms with Crippen LogP contribution in [0.5, 0.6) is 11.8 Å². The number of ether oxygens (including phenoxy) is 5. The maximum Gasteiger partial charge on any atom is 0.410 e. The van der Waals surface area contributed by atoms with Gasteiger partial charge in [-0.3, -0.25) is 9.69 Å². The normalized spacial score (nSPS) is 21.4. The van der Waals surface area contributed by atoms with Crippen LogP contribution in [0, 0.1) is 17.5 Å². The summed E-state index contributed by atoms with van der Waals surface area (Å²) in [6.45, 7) is 9.37. The highest BCUT2D eigenvalue weighted by atomic mass is 19.1. The van der Waals surface area contributed by atoms with Gasteiger partial charge in [-0.25, -0.2) is 18.0 Å². The SMILES string of the molecule is CCc1c(F)ccc2cc(OCOC)cc(-c3c(F)cc4c(N5CC6CCC(C5)N6C(=O)OC(C)(C)C)nc(OCC5(C)CCC(=O)O5)nc4c3F)c12. The van der Waals surface area contributed by atoms with E-state index in [1.165, 1.54) is 31.4 Å². The topological polar surface area (TPSA) is 113 Å². The Labute approximate surface area is 305 Å². The highest BCUT2D eigenvalue weighted by molar-refractivity contribution is 6.03. The van der Waals surface area contributed by atoms with Crippen LogP contribution in [0.15, 0.2) is 30.3 Å². The number of amides is 1. The van der Waals surface area contributed by atoms with Crippen LogP contribution in [0.2, 0.25) is 0 Å². The van der Waals surface area contributed by atoms with Crippen molar-refractivity contribution in [1.82, 2.24) is 14.9 Å². The quantitative estimate of drug-likeness (QED) is 0.127. The van der Waals surface area contributed by atoms with Crippen LogP contribution in [-0.2, 0) is 25.4 Å². The number of aryl methyl sites for hydroxylation is 1. The minimum absolute atomic E-state index is 0.0823. The number of esters is 1. The van der Waals surface area contributed by atoms with E-state index in [1.54, 1.807) is 24.8 Å². The molecule has 11 nitrogen and oxygen atoms in total. The summed E-state index contributed by atoms with van der Waals surface area (Å²) in [5, 5.41) is 0.958. The van der Waals surface area contributed by atoms with Crippen molar-refractivity contribution in [3.05, 3.63) is 53.3 Å². The minimum Gasteiger partial charge on any atom is -0.468 e. The Morgan fingerprint density at radius 1 is 1.04 bits per heavy atom. The monoisotopic (exact) mass is 736 g/mol. The Bertz CT molecular complexity index is 2090. The molecule has 14 heteroatoms. The predicted octanol–water partition coefficient (Wildman–Crippen LogP) is 7.48. The molecule has 3 aromatic carbocycles. The van der Waals surface area contributed by atoms with Gasteiger partial charge in [0.05, 0.1) is 17.6 Å². The molecule has 3 aliphatic heterocycles. The first-order chi connectivity index (χ1) is 25.2. The van der Waals surface area contributed by atoms with Gasteiger partial charge in [0.15, 0.2) is 12.6 Å². The van der Waals surface area contributed by atoms with Gasteiger partial charge in [0.25, 0.3) is 0 Å². The fourth-order valence-electron chi connectivity index (χ4n) is 7.70. The summed E-state index contributed by atoms with van der Waals surface area (Å²) >= 11 is 0. The lowest BCUT2D eigenvalue weighted by molar-refractivity contribution is -0.149. The summed E-state index contributed by atoms with van der Waals surface area (Å²) in [6, 6.07) is 6.53. The lowest BCUT2D eigenvalue weighted by Gasteiger charge is -2.42. The molecule has 1 aromatic heterocycles. The van der Waals surface area contributed by atoms with E-state index in [4.69, 9.17) is 23.7 Å². The van der Waals surface area contributed by atoms with E-state index >= 15 is 13.2 Å². The third-order valence-corrected chi connectivity index (χ3v) is 10.1. The van der Waals surface area contributed by atoms with Crippen molar-refractivity contribution >= 4 is 39.6 Å². The zero-order valence-electron chi connectivity index (χ0n) is 30.7. The highest BCUT2D eigenvalue weighted by Gasteiger charge is 2.45. The van der Waals surface area contributed by atoms with Crippen LogP contribution in [0.3, 0.4) is 0 Å². The first-order valence-corrected chi connectivity index (χ1v) is 17.9. The predicted molar refractivity (Wildman–Crippen MR) is 191 cm³/mol. The van der Waals surface area contributed by atoms with Crippen molar-refractivity contribution in [2.24, 2.45) is 0 Å². The van der Waals surface area contributed by atoms with Crippen molar-refractivity contribution < 1.29 is 46.4 Å². The highest BCUT2D eigenvalue weighted by Crippen LogP contribution is 2.43. The number of cyclic esters (lactones) is 1. The molecule has 3 saturated heterocycles. The van der Waals surface area contributed by atoms with E-state index < -0.39 is 40.3 Å². The molecule has 2 bridgehead atoms. The number of piperazine rings is 1. The van der Waals surface area contributed by atoms with Crippen molar-refractivity contribution in [2.45, 2.75) is 90.0 Å². The molecule has 0 radical (unpaired) electrons. The van der Waals surface area contributed by atoms with Crippen molar-refractivity contribution in [1.29, 1.82) is 0 Å². The van der Waals surface area contributed by atoms with Crippen molar-refractivity contribution in [3.63, 3.8) is 0 Å². The van der Waals surface area contributed by atoms with Gasteiger partial charge in [0.1, 0.15) is 46.5 Å². The Morgan fingerprint density at radius 3 is 2.42 bits per heavy atom. The lowest BCUT2D eigenvalue weighted by atomic mass is 9.91. The van der Waals surface area contributed by atoms with Crippen LogP contribution >= 0.6 is 0 Å². The van der Waals surface area contributed by atoms with Crippen LogP contribution in [0.25, 0.3) is 32.8 Å². The maximum atomic E-state index is 17.2. The molecule has 4 heterocycles. The van der Waals surface area contributed by atoms with Gasteiger partial charge in [-0.2, -0.15) is 9.97 Å². The summed E-state index contributed by atoms with van der Waals surface area (Å²) in [7, 11) is 1.45. The van der Waals surface area contributed by atoms with E-state index in [9.17, 15) is 9.59 Å². The number of benzene rings is 3. The number of carbonyl (C=O) groups excluding carboxylic acids is 2. The molecule has 53 heavy (non-hydrogen) atoms. The third kappa shape index (κ3) is 7.00. The minimum atomic E-state index is -1.00. The zero-order valence-corrected chi connectivity index (χ0v) is 30.7. The number of carbonyl (C=O) groups is 2. The van der Waals surface area contributed by atoms with Gasteiger partial charge in [0, 0.05) is 38.4 Å². The van der Waals surface area contributed by atoms with Gasteiger partial charge in [-0.1, -0.05) is 13.0 Å². The van der Waals surface area contributed by atoms with Crippen molar-refractivity contribution in [3.8, 4) is 22.9 Å². The fourth-order valence-corrected chi connectivity index (χ4v) is 7.70. The largest absolute Gasteiger partial charge is 0.468 e.